The van der Waals surface area contributed by atoms with E-state index in [0.29, 0.717) is 23.6 Å². The first-order valence-corrected chi connectivity index (χ1v) is 9.07. The minimum absolute atomic E-state index is 0.0640. The number of nitro groups is 1. The van der Waals surface area contributed by atoms with E-state index >= 15 is 0 Å². The minimum Gasteiger partial charge on any atom is -0.370 e. The number of nitro benzene ring substituents is 1. The Morgan fingerprint density at radius 3 is 2.89 bits per heavy atom. The van der Waals surface area contributed by atoms with Crippen LogP contribution in [0, 0.1) is 10.1 Å². The molecule has 2 atom stereocenters. The van der Waals surface area contributed by atoms with Crippen LogP contribution in [0.2, 0.25) is 5.02 Å². The highest BCUT2D eigenvalue weighted by atomic mass is 35.5. The lowest BCUT2D eigenvalue weighted by Gasteiger charge is -2.40. The molecule has 0 saturated carbocycles. The number of pyridine rings is 1. The Labute approximate surface area is 161 Å². The topological polar surface area (TPSA) is 68.5 Å². The molecule has 6 nitrogen and oxygen atoms in total. The molecule has 0 bridgehead atoms. The Hall–Kier alpha value is -2.70. The number of ether oxygens (including phenoxy) is 1. The molecule has 3 aromatic rings. The van der Waals surface area contributed by atoms with Crippen molar-refractivity contribution in [1.82, 2.24) is 4.98 Å². The van der Waals surface area contributed by atoms with E-state index in [2.05, 4.69) is 16.8 Å². The minimum atomic E-state index is -0.370. The van der Waals surface area contributed by atoms with Gasteiger partial charge in [0.1, 0.15) is 6.10 Å². The number of hydrogen-bond acceptors (Lipinski definition) is 5. The first kappa shape index (κ1) is 17.7. The molecule has 1 fully saturated rings. The number of halogens is 1. The lowest BCUT2D eigenvalue weighted by Crippen LogP contribution is -2.45. The molecule has 138 valence electrons. The largest absolute Gasteiger partial charge is 0.370 e. The summed E-state index contributed by atoms with van der Waals surface area (Å²) in [4.78, 5) is 17.3. The molecule has 0 radical (unpaired) electrons. The van der Waals surface area contributed by atoms with Crippen molar-refractivity contribution in [1.29, 1.82) is 0 Å². The Morgan fingerprint density at radius 1 is 1.26 bits per heavy atom. The molecule has 1 saturated heterocycles. The van der Waals surface area contributed by atoms with Crippen molar-refractivity contribution >= 4 is 33.7 Å². The second-order valence-corrected chi connectivity index (χ2v) is 7.10. The average molecular weight is 384 g/mol. The van der Waals surface area contributed by atoms with Gasteiger partial charge in [0.15, 0.2) is 0 Å². The van der Waals surface area contributed by atoms with Gasteiger partial charge >= 0.3 is 0 Å². The second kappa shape index (κ2) is 7.13. The summed E-state index contributed by atoms with van der Waals surface area (Å²) in [7, 11) is 0. The highest BCUT2D eigenvalue weighted by Gasteiger charge is 2.29. The molecule has 27 heavy (non-hydrogen) atoms. The standard InChI is InChI=1S/C20H18ClN3O3/c1-13-12-27-20(14-3-2-4-15(21)9-14)11-23(13)18-5-6-19(24(25)26)17-10-22-8-7-16(17)18/h2-10,13,20H,11-12H2,1H3. The van der Waals surface area contributed by atoms with E-state index in [1.165, 1.54) is 0 Å². The number of non-ortho nitro benzene ring substituents is 1. The normalized spacial score (nSPS) is 20.0. The van der Waals surface area contributed by atoms with Crippen molar-refractivity contribution < 1.29 is 9.66 Å². The number of aromatic nitrogens is 1. The smallest absolute Gasteiger partial charge is 0.278 e. The lowest BCUT2D eigenvalue weighted by molar-refractivity contribution is -0.383. The predicted molar refractivity (Wildman–Crippen MR) is 105 cm³/mol. The van der Waals surface area contributed by atoms with Crippen LogP contribution in [0.5, 0.6) is 0 Å². The van der Waals surface area contributed by atoms with Gasteiger partial charge < -0.3 is 9.64 Å². The van der Waals surface area contributed by atoms with Crippen molar-refractivity contribution in [2.75, 3.05) is 18.1 Å². The number of morpholine rings is 1. The fourth-order valence-electron chi connectivity index (χ4n) is 3.57. The van der Waals surface area contributed by atoms with E-state index in [1.54, 1.807) is 18.5 Å². The van der Waals surface area contributed by atoms with Gasteiger partial charge in [-0.2, -0.15) is 0 Å². The molecule has 0 amide bonds. The lowest BCUT2D eigenvalue weighted by atomic mass is 10.0. The van der Waals surface area contributed by atoms with Crippen LogP contribution in [0.15, 0.2) is 54.9 Å². The molecule has 2 unspecified atom stereocenters. The molecule has 4 rings (SSSR count). The van der Waals surface area contributed by atoms with Crippen molar-refractivity contribution in [2.24, 2.45) is 0 Å². The third-order valence-corrected chi connectivity index (χ3v) is 5.17. The molecule has 2 heterocycles. The first-order valence-electron chi connectivity index (χ1n) is 8.69. The van der Waals surface area contributed by atoms with Crippen LogP contribution in [0.1, 0.15) is 18.6 Å². The molecule has 1 aromatic heterocycles. The predicted octanol–water partition coefficient (Wildman–Crippen LogP) is 4.76. The van der Waals surface area contributed by atoms with E-state index in [1.807, 2.05) is 36.4 Å². The molecule has 0 N–H and O–H groups in total. The Kier molecular flexibility index (Phi) is 4.68. The number of nitrogens with zero attached hydrogens (tertiary/aromatic N) is 3. The van der Waals surface area contributed by atoms with E-state index in [9.17, 15) is 10.1 Å². The molecule has 1 aliphatic rings. The van der Waals surface area contributed by atoms with Crippen molar-refractivity contribution in [3.8, 4) is 0 Å². The van der Waals surface area contributed by atoms with Gasteiger partial charge in [0.05, 0.1) is 16.9 Å². The zero-order chi connectivity index (χ0) is 19.0. The van der Waals surface area contributed by atoms with E-state index in [0.717, 1.165) is 16.6 Å². The van der Waals surface area contributed by atoms with E-state index < -0.39 is 0 Å². The third kappa shape index (κ3) is 3.34. The molecule has 7 heteroatoms. The molecular weight excluding hydrogens is 366 g/mol. The van der Waals surface area contributed by atoms with Gasteiger partial charge in [-0.15, -0.1) is 0 Å². The SMILES string of the molecule is CC1COC(c2cccc(Cl)c2)CN1c1ccc([N+](=O)[O-])c2cnccc12. The van der Waals surface area contributed by atoms with Crippen molar-refractivity contribution in [3.63, 3.8) is 0 Å². The second-order valence-electron chi connectivity index (χ2n) is 6.66. The van der Waals surface area contributed by atoms with Crippen LogP contribution < -0.4 is 4.90 Å². The van der Waals surface area contributed by atoms with Gasteiger partial charge in [-0.25, -0.2) is 0 Å². The summed E-state index contributed by atoms with van der Waals surface area (Å²) in [5.74, 6) is 0. The number of hydrogen-bond donors (Lipinski definition) is 0. The average Bonchev–Trinajstić information content (AvgIpc) is 2.67. The van der Waals surface area contributed by atoms with Gasteiger partial charge in [-0.1, -0.05) is 23.7 Å². The number of fused-ring (bicyclic) bond motifs is 1. The molecule has 0 aliphatic carbocycles. The fourth-order valence-corrected chi connectivity index (χ4v) is 3.77. The van der Waals surface area contributed by atoms with Gasteiger partial charge in [0.2, 0.25) is 0 Å². The molecular formula is C20H18ClN3O3. The fraction of sp³-hybridized carbons (Fsp3) is 0.250. The summed E-state index contributed by atoms with van der Waals surface area (Å²) in [6, 6.07) is 13.0. The molecule has 2 aromatic carbocycles. The van der Waals surface area contributed by atoms with Gasteiger partial charge in [0.25, 0.3) is 5.69 Å². The highest BCUT2D eigenvalue weighted by Crippen LogP contribution is 2.37. The van der Waals surface area contributed by atoms with Crippen LogP contribution in [-0.2, 0) is 4.74 Å². The third-order valence-electron chi connectivity index (χ3n) is 4.93. The summed E-state index contributed by atoms with van der Waals surface area (Å²) < 4.78 is 6.04. The number of benzene rings is 2. The van der Waals surface area contributed by atoms with E-state index in [-0.39, 0.29) is 22.8 Å². The monoisotopic (exact) mass is 383 g/mol. The van der Waals surface area contributed by atoms with Crippen LogP contribution in [0.4, 0.5) is 11.4 Å². The number of rotatable bonds is 3. The summed E-state index contributed by atoms with van der Waals surface area (Å²) in [5, 5.41) is 13.4. The van der Waals surface area contributed by atoms with Crippen LogP contribution in [0.25, 0.3) is 10.8 Å². The number of anilines is 1. The van der Waals surface area contributed by atoms with Crippen LogP contribution >= 0.6 is 11.6 Å². The summed E-state index contributed by atoms with van der Waals surface area (Å²) in [6.07, 6.45) is 3.10. The first-order chi connectivity index (χ1) is 13.0. The Balaban J connectivity index is 1.75. The van der Waals surface area contributed by atoms with Gasteiger partial charge in [0, 0.05) is 47.1 Å². The summed E-state index contributed by atoms with van der Waals surface area (Å²) in [6.45, 7) is 3.28. The van der Waals surface area contributed by atoms with Gasteiger partial charge in [-0.3, -0.25) is 15.1 Å². The maximum atomic E-state index is 11.4. The summed E-state index contributed by atoms with van der Waals surface area (Å²) >= 11 is 6.13. The van der Waals surface area contributed by atoms with Gasteiger partial charge in [-0.05, 0) is 36.8 Å². The Bertz CT molecular complexity index is 1010. The van der Waals surface area contributed by atoms with E-state index in [4.69, 9.17) is 16.3 Å². The molecule has 1 aliphatic heterocycles. The zero-order valence-corrected chi connectivity index (χ0v) is 15.5. The Morgan fingerprint density at radius 2 is 2.11 bits per heavy atom. The maximum absolute atomic E-state index is 11.4. The summed E-state index contributed by atoms with van der Waals surface area (Å²) in [5.41, 5.74) is 2.03. The zero-order valence-electron chi connectivity index (χ0n) is 14.7. The quantitative estimate of drug-likeness (QED) is 0.481. The van der Waals surface area contributed by atoms with Crippen molar-refractivity contribution in [3.05, 3.63) is 75.6 Å². The van der Waals surface area contributed by atoms with Crippen LogP contribution in [-0.4, -0.2) is 29.1 Å². The highest BCUT2D eigenvalue weighted by molar-refractivity contribution is 6.30. The van der Waals surface area contributed by atoms with Crippen LogP contribution in [0.3, 0.4) is 0 Å². The van der Waals surface area contributed by atoms with Crippen molar-refractivity contribution in [2.45, 2.75) is 19.1 Å². The maximum Gasteiger partial charge on any atom is 0.278 e. The molecule has 0 spiro atoms.